The monoisotopic (exact) mass is 784 g/mol. The lowest BCUT2D eigenvalue weighted by molar-refractivity contribution is 0.627. The molecule has 0 fully saturated rings. The smallest absolute Gasteiger partial charge is 0.123 e. The molecule has 60 heavy (non-hydrogen) atoms. The van der Waals surface area contributed by atoms with Gasteiger partial charge in [0, 0.05) is 65.8 Å². The van der Waals surface area contributed by atoms with Gasteiger partial charge in [-0.15, -0.1) is 0 Å². The summed E-state index contributed by atoms with van der Waals surface area (Å²) >= 11 is 0. The summed E-state index contributed by atoms with van der Waals surface area (Å²) in [5.74, 6) is -0.974. The Hall–Kier alpha value is -7.96. The second kappa shape index (κ2) is 12.3. The summed E-state index contributed by atoms with van der Waals surface area (Å²) in [7, 11) is 0. The maximum absolute atomic E-state index is 14.5. The number of rotatable bonds is 6. The first-order valence-electron chi connectivity index (χ1n) is 24.3. The number of anilines is 6. The third-order valence-electron chi connectivity index (χ3n) is 11.8. The van der Waals surface area contributed by atoms with Crippen LogP contribution in [-0.4, -0.2) is 8.80 Å². The first-order chi connectivity index (χ1) is 33.8. The summed E-state index contributed by atoms with van der Waals surface area (Å²) < 4.78 is 121. The van der Waals surface area contributed by atoms with Crippen LogP contribution in [0.15, 0.2) is 194 Å². The molecular formula is C54H32F2N4. The second-order valence-electron chi connectivity index (χ2n) is 14.9. The van der Waals surface area contributed by atoms with Crippen LogP contribution in [-0.2, 0) is 0 Å². The predicted molar refractivity (Wildman–Crippen MR) is 245 cm³/mol. The zero-order valence-electron chi connectivity index (χ0n) is 41.2. The van der Waals surface area contributed by atoms with Gasteiger partial charge in [-0.05, 0) is 109 Å². The number of aromatic nitrogens is 2. The van der Waals surface area contributed by atoms with Gasteiger partial charge < -0.3 is 18.6 Å². The van der Waals surface area contributed by atoms with E-state index >= 15 is 0 Å². The standard InChI is InChI=1S/C54H32F2N4/c55-33-23-27-37(28-24-33)57(35-11-3-1-4-12-35)45-19-9-21-47-51(45)41-17-7-15-39-43-32-50-44(31-49(43)59(47)53(39)41)40-16-8-18-42-52-46(20-10-22-48(52)60(50)54(40)42)58(36-13-5-2-6-14-36)38-29-25-34(56)26-30-38/h1-32H/i1D,2D,3D,4D,5D,6D,11D,12D,13D,14D. The van der Waals surface area contributed by atoms with Crippen LogP contribution in [0.2, 0.25) is 0 Å². The van der Waals surface area contributed by atoms with Crippen molar-refractivity contribution in [1.29, 1.82) is 0 Å². The molecule has 13 aromatic rings. The molecule has 0 unspecified atom stereocenters. The Kier molecular flexibility index (Phi) is 5.06. The average Bonchev–Trinajstić information content (AvgIpc) is 4.10. The van der Waals surface area contributed by atoms with E-state index in [9.17, 15) is 8.78 Å². The van der Waals surface area contributed by atoms with Gasteiger partial charge in [0.2, 0.25) is 0 Å². The Bertz CT molecular complexity index is 4060. The van der Waals surface area contributed by atoms with Crippen LogP contribution < -0.4 is 9.80 Å². The summed E-state index contributed by atoms with van der Waals surface area (Å²) in [5.41, 5.74) is 6.98. The molecule has 0 atom stereocenters. The maximum Gasteiger partial charge on any atom is 0.123 e. The molecule has 0 aliphatic heterocycles. The van der Waals surface area contributed by atoms with Crippen molar-refractivity contribution in [3.05, 3.63) is 206 Å². The van der Waals surface area contributed by atoms with Gasteiger partial charge in [-0.3, -0.25) is 0 Å². The molecule has 4 aromatic heterocycles. The average molecular weight is 785 g/mol. The lowest BCUT2D eigenvalue weighted by Gasteiger charge is -2.26. The summed E-state index contributed by atoms with van der Waals surface area (Å²) in [4.78, 5) is 3.23. The summed E-state index contributed by atoms with van der Waals surface area (Å²) in [6.45, 7) is 0. The van der Waals surface area contributed by atoms with Crippen LogP contribution in [0.3, 0.4) is 0 Å². The van der Waals surface area contributed by atoms with E-state index in [0.717, 1.165) is 76.2 Å². The van der Waals surface area contributed by atoms with Gasteiger partial charge in [0.05, 0.1) is 58.2 Å². The van der Waals surface area contributed by atoms with Crippen molar-refractivity contribution < 1.29 is 22.5 Å². The van der Waals surface area contributed by atoms with Crippen molar-refractivity contribution in [2.45, 2.75) is 0 Å². The molecule has 9 aromatic carbocycles. The zero-order chi connectivity index (χ0) is 48.3. The van der Waals surface area contributed by atoms with Crippen LogP contribution in [0.1, 0.15) is 13.7 Å². The van der Waals surface area contributed by atoms with Gasteiger partial charge in [-0.1, -0.05) is 84.8 Å². The molecular weight excluding hydrogens is 743 g/mol. The molecule has 0 amide bonds. The first-order valence-corrected chi connectivity index (χ1v) is 19.3. The number of para-hydroxylation sites is 4. The van der Waals surface area contributed by atoms with Gasteiger partial charge in [-0.2, -0.15) is 0 Å². The highest BCUT2D eigenvalue weighted by Gasteiger charge is 2.26. The Balaban J connectivity index is 1.10. The SMILES string of the molecule is [2H]c1c([2H])c([2H])c(N(c2ccc(F)cc2)c2cccc3c2c2cccc4c5cc6c(cc5n3c42)c2cccc3c4c(N(c5ccc(F)cc5)c5c([2H])c([2H])c([2H])c([2H])c5[2H])cccc4n6c23)c([2H])c1[2H]. The van der Waals surface area contributed by atoms with Crippen molar-refractivity contribution in [1.82, 2.24) is 8.80 Å². The molecule has 13 rings (SSSR count). The van der Waals surface area contributed by atoms with E-state index in [-0.39, 0.29) is 11.4 Å². The number of hydrogen-bond acceptors (Lipinski definition) is 2. The Morgan fingerprint density at radius 2 is 0.750 bits per heavy atom. The predicted octanol–water partition coefficient (Wildman–Crippen LogP) is 15.2. The number of nitrogens with zero attached hydrogens (tertiary/aromatic N) is 4. The number of hydrogen-bond donors (Lipinski definition) is 0. The van der Waals surface area contributed by atoms with E-state index in [1.54, 1.807) is 9.80 Å². The maximum atomic E-state index is 14.5. The topological polar surface area (TPSA) is 15.3 Å². The molecule has 0 N–H and O–H groups in total. The number of benzene rings is 9. The highest BCUT2D eigenvalue weighted by atomic mass is 19.1. The second-order valence-corrected chi connectivity index (χ2v) is 14.9. The van der Waals surface area contributed by atoms with Gasteiger partial charge in [0.15, 0.2) is 0 Å². The van der Waals surface area contributed by atoms with E-state index in [1.165, 1.54) is 48.5 Å². The lowest BCUT2D eigenvalue weighted by atomic mass is 10.0. The molecule has 0 aliphatic rings. The van der Waals surface area contributed by atoms with E-state index in [0.29, 0.717) is 22.7 Å². The quantitative estimate of drug-likeness (QED) is 0.167. The van der Waals surface area contributed by atoms with Gasteiger partial charge in [0.1, 0.15) is 11.6 Å². The first kappa shape index (κ1) is 24.7. The highest BCUT2D eigenvalue weighted by Crippen LogP contribution is 2.50. The highest BCUT2D eigenvalue weighted by molar-refractivity contribution is 6.31. The van der Waals surface area contributed by atoms with E-state index in [2.05, 4.69) is 33.1 Å². The molecule has 4 heterocycles. The molecule has 282 valence electrons. The van der Waals surface area contributed by atoms with Crippen LogP contribution >= 0.6 is 0 Å². The molecule has 0 radical (unpaired) electrons. The molecule has 6 heteroatoms. The summed E-state index contributed by atoms with van der Waals surface area (Å²) in [6.07, 6.45) is 0. The van der Waals surface area contributed by atoms with Crippen LogP contribution in [0.5, 0.6) is 0 Å². The fourth-order valence-corrected chi connectivity index (χ4v) is 9.55. The zero-order valence-corrected chi connectivity index (χ0v) is 31.2. The molecule has 0 saturated heterocycles. The van der Waals surface area contributed by atoms with Gasteiger partial charge >= 0.3 is 0 Å². The van der Waals surface area contributed by atoms with E-state index in [4.69, 9.17) is 13.7 Å². The minimum atomic E-state index is -0.521. The normalized spacial score (nSPS) is 14.5. The fraction of sp³-hybridized carbons (Fsp3) is 0. The minimum absolute atomic E-state index is 0.0723. The van der Waals surface area contributed by atoms with Gasteiger partial charge in [0.25, 0.3) is 0 Å². The lowest BCUT2D eigenvalue weighted by Crippen LogP contribution is -2.10. The third kappa shape index (κ3) is 4.47. The fourth-order valence-electron chi connectivity index (χ4n) is 9.55. The van der Waals surface area contributed by atoms with Crippen molar-refractivity contribution >= 4 is 110 Å². The van der Waals surface area contributed by atoms with Crippen molar-refractivity contribution in [3.63, 3.8) is 0 Å². The summed E-state index contributed by atoms with van der Waals surface area (Å²) in [5, 5.41) is 7.04. The van der Waals surface area contributed by atoms with Crippen LogP contribution in [0.25, 0.3) is 76.2 Å². The Morgan fingerprint density at radius 1 is 0.367 bits per heavy atom. The molecule has 0 saturated carbocycles. The molecule has 0 bridgehead atoms. The van der Waals surface area contributed by atoms with Crippen LogP contribution in [0.4, 0.5) is 42.9 Å². The van der Waals surface area contributed by atoms with E-state index in [1.807, 2.05) is 60.7 Å². The third-order valence-corrected chi connectivity index (χ3v) is 11.8. The molecule has 0 aliphatic carbocycles. The Morgan fingerprint density at radius 3 is 1.17 bits per heavy atom. The number of halogens is 2. The van der Waals surface area contributed by atoms with Crippen molar-refractivity contribution in [2.24, 2.45) is 0 Å². The molecule has 4 nitrogen and oxygen atoms in total. The van der Waals surface area contributed by atoms with Crippen molar-refractivity contribution in [2.75, 3.05) is 9.80 Å². The van der Waals surface area contributed by atoms with Crippen LogP contribution in [0, 0.1) is 11.6 Å². The van der Waals surface area contributed by atoms with E-state index < -0.39 is 72.1 Å². The number of fused-ring (bicyclic) bond motifs is 12. The van der Waals surface area contributed by atoms with Gasteiger partial charge in [-0.25, -0.2) is 8.78 Å². The minimum Gasteiger partial charge on any atom is -0.310 e. The summed E-state index contributed by atoms with van der Waals surface area (Å²) in [6, 6.07) is 34.5. The Labute approximate surface area is 356 Å². The van der Waals surface area contributed by atoms with Crippen molar-refractivity contribution in [3.8, 4) is 0 Å². The molecule has 0 spiro atoms. The largest absolute Gasteiger partial charge is 0.310 e.